The molecule has 0 unspecified atom stereocenters. The fraction of sp³-hybridized carbons (Fsp3) is 0.250. The van der Waals surface area contributed by atoms with Crippen LogP contribution in [-0.4, -0.2) is 24.8 Å². The lowest BCUT2D eigenvalue weighted by atomic mass is 10.3. The highest BCUT2D eigenvalue weighted by molar-refractivity contribution is 7.89. The number of halogens is 2. The monoisotopic (exact) mass is 333 g/mol. The zero-order valence-electron chi connectivity index (χ0n) is 11.3. The molecule has 1 aromatic heterocycles. The maximum absolute atomic E-state index is 13.7. The van der Waals surface area contributed by atoms with Crippen LogP contribution in [-0.2, 0) is 16.6 Å². The molecule has 5 nitrogen and oxygen atoms in total. The highest BCUT2D eigenvalue weighted by atomic mass is 32.2. The lowest BCUT2D eigenvalue weighted by molar-refractivity contribution is 0.445. The van der Waals surface area contributed by atoms with Gasteiger partial charge in [-0.1, -0.05) is 0 Å². The number of aryl methyl sites for hydroxylation is 1. The number of benzene rings is 1. The molecule has 0 atom stereocenters. The van der Waals surface area contributed by atoms with E-state index in [2.05, 4.69) is 4.98 Å². The van der Waals surface area contributed by atoms with E-state index < -0.39 is 26.6 Å². The van der Waals surface area contributed by atoms with Crippen molar-refractivity contribution in [3.05, 3.63) is 39.8 Å². The van der Waals surface area contributed by atoms with Crippen molar-refractivity contribution in [3.63, 3.8) is 0 Å². The minimum absolute atomic E-state index is 0.0392. The molecular weight excluding hydrogens is 320 g/mol. The molecule has 1 aromatic carbocycles. The molecule has 0 aliphatic carbocycles. The van der Waals surface area contributed by atoms with Crippen LogP contribution in [0.3, 0.4) is 0 Å². The number of aromatic nitrogens is 1. The summed E-state index contributed by atoms with van der Waals surface area (Å²) in [7, 11) is -2.93. The molecular formula is C12H13F2N3O2S2. The number of thiazole rings is 1. The number of nitrogens with two attached hydrogens (primary N) is 1. The molecule has 0 spiro atoms. The van der Waals surface area contributed by atoms with Crippen molar-refractivity contribution < 1.29 is 17.2 Å². The summed E-state index contributed by atoms with van der Waals surface area (Å²) in [5.74, 6) is -2.74. The topological polar surface area (TPSA) is 76.3 Å². The summed E-state index contributed by atoms with van der Waals surface area (Å²) in [6.45, 7) is 1.75. The summed E-state index contributed by atoms with van der Waals surface area (Å²) in [6.07, 6.45) is 0. The molecule has 0 aliphatic rings. The summed E-state index contributed by atoms with van der Waals surface area (Å²) >= 11 is 1.37. The Morgan fingerprint density at radius 3 is 2.62 bits per heavy atom. The Bertz CT molecular complexity index is 775. The number of rotatable bonds is 4. The normalized spacial score (nSPS) is 12.0. The van der Waals surface area contributed by atoms with Gasteiger partial charge >= 0.3 is 0 Å². The molecule has 0 saturated heterocycles. The van der Waals surface area contributed by atoms with Gasteiger partial charge in [-0.25, -0.2) is 22.2 Å². The largest absolute Gasteiger partial charge is 0.399 e. The lowest BCUT2D eigenvalue weighted by Gasteiger charge is -2.17. The lowest BCUT2D eigenvalue weighted by Crippen LogP contribution is -2.27. The van der Waals surface area contributed by atoms with Gasteiger partial charge in [0.05, 0.1) is 17.2 Å². The van der Waals surface area contributed by atoms with E-state index in [0.29, 0.717) is 5.69 Å². The van der Waals surface area contributed by atoms with Crippen LogP contribution in [0.2, 0.25) is 0 Å². The molecule has 0 saturated carbocycles. The third-order valence-corrected chi connectivity index (χ3v) is 5.38. The van der Waals surface area contributed by atoms with E-state index in [9.17, 15) is 17.2 Å². The zero-order chi connectivity index (χ0) is 15.8. The van der Waals surface area contributed by atoms with Gasteiger partial charge < -0.3 is 5.73 Å². The van der Waals surface area contributed by atoms with E-state index in [0.717, 1.165) is 21.4 Å². The molecule has 2 rings (SSSR count). The summed E-state index contributed by atoms with van der Waals surface area (Å²) in [5, 5.41) is 2.49. The van der Waals surface area contributed by atoms with Gasteiger partial charge in [-0.3, -0.25) is 0 Å². The van der Waals surface area contributed by atoms with Crippen LogP contribution in [0, 0.1) is 18.6 Å². The third kappa shape index (κ3) is 3.20. The predicted octanol–water partition coefficient (Wildman–Crippen LogP) is 2.13. The van der Waals surface area contributed by atoms with Crippen molar-refractivity contribution in [1.29, 1.82) is 0 Å². The van der Waals surface area contributed by atoms with Gasteiger partial charge in [0.15, 0.2) is 11.6 Å². The summed E-state index contributed by atoms with van der Waals surface area (Å²) < 4.78 is 52.6. The standard InChI is InChI=1S/C12H13F2N3O2S2/c1-7-16-9(6-20-7)5-17(2)21(18,19)11-4-8(15)3-10(13)12(11)14/h3-4,6H,5,15H2,1-2H3. The first kappa shape index (κ1) is 15.8. The molecule has 2 aromatic rings. The second kappa shape index (κ2) is 5.66. The number of hydrogen-bond acceptors (Lipinski definition) is 5. The highest BCUT2D eigenvalue weighted by Gasteiger charge is 2.27. The van der Waals surface area contributed by atoms with Gasteiger partial charge in [0.1, 0.15) is 4.90 Å². The van der Waals surface area contributed by atoms with Crippen LogP contribution in [0.1, 0.15) is 10.7 Å². The third-order valence-electron chi connectivity index (χ3n) is 2.76. The van der Waals surface area contributed by atoms with Crippen molar-refractivity contribution in [1.82, 2.24) is 9.29 Å². The first-order valence-electron chi connectivity index (χ1n) is 5.83. The van der Waals surface area contributed by atoms with E-state index in [-0.39, 0.29) is 12.2 Å². The fourth-order valence-electron chi connectivity index (χ4n) is 1.73. The van der Waals surface area contributed by atoms with Crippen LogP contribution in [0.5, 0.6) is 0 Å². The van der Waals surface area contributed by atoms with Gasteiger partial charge in [0.25, 0.3) is 0 Å². The van der Waals surface area contributed by atoms with Crippen molar-refractivity contribution in [3.8, 4) is 0 Å². The van der Waals surface area contributed by atoms with Crippen LogP contribution in [0.25, 0.3) is 0 Å². The molecule has 0 bridgehead atoms. The Labute approximate surface area is 125 Å². The number of anilines is 1. The number of nitrogen functional groups attached to an aromatic ring is 1. The van der Waals surface area contributed by atoms with Crippen molar-refractivity contribution >= 4 is 27.0 Å². The Kier molecular flexibility index (Phi) is 4.26. The SMILES string of the molecule is Cc1nc(CN(C)S(=O)(=O)c2cc(N)cc(F)c2F)cs1. The Balaban J connectivity index is 2.37. The molecule has 1 heterocycles. The van der Waals surface area contributed by atoms with E-state index in [1.54, 1.807) is 12.3 Å². The number of nitrogens with zero attached hydrogens (tertiary/aromatic N) is 2. The average molecular weight is 333 g/mol. The molecule has 21 heavy (non-hydrogen) atoms. The molecule has 0 fully saturated rings. The van der Waals surface area contributed by atoms with Gasteiger partial charge in [0.2, 0.25) is 10.0 Å². The second-order valence-corrected chi connectivity index (χ2v) is 7.51. The minimum Gasteiger partial charge on any atom is -0.399 e. The van der Waals surface area contributed by atoms with Gasteiger partial charge in [0, 0.05) is 18.1 Å². The summed E-state index contributed by atoms with van der Waals surface area (Å²) in [6, 6.07) is 1.63. The minimum atomic E-state index is -4.20. The Morgan fingerprint density at radius 2 is 2.05 bits per heavy atom. The highest BCUT2D eigenvalue weighted by Crippen LogP contribution is 2.24. The van der Waals surface area contributed by atoms with Crippen molar-refractivity contribution in [2.45, 2.75) is 18.4 Å². The quantitative estimate of drug-likeness (QED) is 0.870. The Hall–Kier alpha value is -1.58. The Morgan fingerprint density at radius 1 is 1.38 bits per heavy atom. The van der Waals surface area contributed by atoms with Crippen LogP contribution in [0.15, 0.2) is 22.4 Å². The van der Waals surface area contributed by atoms with E-state index >= 15 is 0 Å². The van der Waals surface area contributed by atoms with E-state index in [1.165, 1.54) is 18.4 Å². The van der Waals surface area contributed by atoms with Crippen LogP contribution < -0.4 is 5.73 Å². The molecule has 114 valence electrons. The molecule has 0 radical (unpaired) electrons. The fourth-order valence-corrected chi connectivity index (χ4v) is 3.58. The van der Waals surface area contributed by atoms with E-state index in [1.807, 2.05) is 0 Å². The smallest absolute Gasteiger partial charge is 0.246 e. The summed E-state index contributed by atoms with van der Waals surface area (Å²) in [5.41, 5.74) is 5.75. The average Bonchev–Trinajstić information content (AvgIpc) is 2.79. The first-order chi connectivity index (χ1) is 9.71. The molecule has 2 N–H and O–H groups in total. The first-order valence-corrected chi connectivity index (χ1v) is 8.15. The van der Waals surface area contributed by atoms with E-state index in [4.69, 9.17) is 5.73 Å². The van der Waals surface area contributed by atoms with Crippen LogP contribution in [0.4, 0.5) is 14.5 Å². The van der Waals surface area contributed by atoms with Gasteiger partial charge in [-0.2, -0.15) is 4.31 Å². The van der Waals surface area contributed by atoms with Crippen molar-refractivity contribution in [2.24, 2.45) is 0 Å². The maximum Gasteiger partial charge on any atom is 0.246 e. The van der Waals surface area contributed by atoms with Crippen molar-refractivity contribution in [2.75, 3.05) is 12.8 Å². The summed E-state index contributed by atoms with van der Waals surface area (Å²) in [4.78, 5) is 3.35. The molecule has 0 amide bonds. The predicted molar refractivity (Wildman–Crippen MR) is 76.3 cm³/mol. The molecule has 0 aliphatic heterocycles. The van der Waals surface area contributed by atoms with Gasteiger partial charge in [-0.05, 0) is 19.1 Å². The van der Waals surface area contributed by atoms with Crippen LogP contribution >= 0.6 is 11.3 Å². The second-order valence-electron chi connectivity index (χ2n) is 4.43. The molecule has 9 heteroatoms. The zero-order valence-corrected chi connectivity index (χ0v) is 12.9. The van der Waals surface area contributed by atoms with Gasteiger partial charge in [-0.15, -0.1) is 11.3 Å². The number of hydrogen-bond donors (Lipinski definition) is 1. The number of sulfonamides is 1. The maximum atomic E-state index is 13.7.